The average molecular weight is 287 g/mol. The topological polar surface area (TPSA) is 107 Å². The summed E-state index contributed by atoms with van der Waals surface area (Å²) in [6, 6.07) is 3.53. The highest BCUT2D eigenvalue weighted by molar-refractivity contribution is 7.89. The average Bonchev–Trinajstić information content (AvgIpc) is 2.27. The van der Waals surface area contributed by atoms with Crippen LogP contribution in [0.1, 0.15) is 31.1 Å². The number of hydrogen-bond donors (Lipinski definition) is 2. The van der Waals surface area contributed by atoms with Crippen LogP contribution < -0.4 is 9.88 Å². The largest absolute Gasteiger partial charge is 0.490 e. The number of carboxylic acid groups (broad SMARTS) is 1. The molecule has 6 nitrogen and oxygen atoms in total. The molecule has 0 fully saturated rings. The van der Waals surface area contributed by atoms with Gasteiger partial charge in [0.05, 0.1) is 11.0 Å². The van der Waals surface area contributed by atoms with Crippen LogP contribution in [0.3, 0.4) is 0 Å². The van der Waals surface area contributed by atoms with Gasteiger partial charge in [0.15, 0.2) is 0 Å². The van der Waals surface area contributed by atoms with Gasteiger partial charge in [0.25, 0.3) is 0 Å². The molecule has 0 aliphatic rings. The number of hydrogen-bond acceptors (Lipinski definition) is 4. The molecule has 1 aromatic rings. The Bertz CT molecular complexity index is 580. The summed E-state index contributed by atoms with van der Waals surface area (Å²) < 4.78 is 27.9. The maximum atomic E-state index is 11.2. The van der Waals surface area contributed by atoms with Crippen LogP contribution in [0.4, 0.5) is 0 Å². The molecule has 1 unspecified atom stereocenters. The van der Waals surface area contributed by atoms with E-state index in [0.717, 1.165) is 6.07 Å². The molecule has 3 N–H and O–H groups in total. The van der Waals surface area contributed by atoms with Crippen molar-refractivity contribution in [1.29, 1.82) is 0 Å². The number of carboxylic acids is 1. The lowest BCUT2D eigenvalue weighted by Gasteiger charge is -2.19. The van der Waals surface area contributed by atoms with Crippen molar-refractivity contribution in [1.82, 2.24) is 0 Å². The first-order valence-corrected chi connectivity index (χ1v) is 7.24. The van der Waals surface area contributed by atoms with Crippen LogP contribution >= 0.6 is 0 Å². The molecule has 0 saturated heterocycles. The summed E-state index contributed by atoms with van der Waals surface area (Å²) in [5, 5.41) is 14.1. The van der Waals surface area contributed by atoms with Gasteiger partial charge in [-0.1, -0.05) is 13.8 Å². The number of aromatic carboxylic acids is 1. The van der Waals surface area contributed by atoms with Crippen molar-refractivity contribution in [3.63, 3.8) is 0 Å². The van der Waals surface area contributed by atoms with Crippen molar-refractivity contribution < 1.29 is 23.1 Å². The van der Waals surface area contributed by atoms with Crippen LogP contribution in [0.15, 0.2) is 23.1 Å². The van der Waals surface area contributed by atoms with Gasteiger partial charge >= 0.3 is 5.97 Å². The molecule has 0 saturated carbocycles. The van der Waals surface area contributed by atoms with Crippen molar-refractivity contribution in [2.45, 2.75) is 31.8 Å². The summed E-state index contributed by atoms with van der Waals surface area (Å²) in [5.74, 6) is -0.947. The van der Waals surface area contributed by atoms with Gasteiger partial charge in [-0.05, 0) is 31.0 Å². The minimum Gasteiger partial charge on any atom is -0.490 e. The predicted octanol–water partition coefficient (Wildman–Crippen LogP) is 1.46. The van der Waals surface area contributed by atoms with E-state index in [9.17, 15) is 13.2 Å². The van der Waals surface area contributed by atoms with Gasteiger partial charge < -0.3 is 9.84 Å². The van der Waals surface area contributed by atoms with E-state index in [0.29, 0.717) is 0 Å². The van der Waals surface area contributed by atoms with Crippen molar-refractivity contribution in [2.75, 3.05) is 0 Å². The lowest BCUT2D eigenvalue weighted by Crippen LogP contribution is -2.20. The Labute approximate surface area is 112 Å². The summed E-state index contributed by atoms with van der Waals surface area (Å²) in [5.41, 5.74) is -0.223. The Hall–Kier alpha value is -1.60. The first kappa shape index (κ1) is 15.5. The number of carbonyl (C=O) groups is 1. The zero-order valence-corrected chi connectivity index (χ0v) is 11.8. The lowest BCUT2D eigenvalue weighted by molar-refractivity contribution is 0.0686. The van der Waals surface area contributed by atoms with Crippen LogP contribution in [-0.4, -0.2) is 25.6 Å². The van der Waals surface area contributed by atoms with Crippen molar-refractivity contribution in [3.05, 3.63) is 23.8 Å². The molecule has 1 aromatic carbocycles. The monoisotopic (exact) mass is 287 g/mol. The first-order chi connectivity index (χ1) is 8.62. The Kier molecular flexibility index (Phi) is 4.54. The Balaban J connectivity index is 3.24. The molecule has 0 amide bonds. The highest BCUT2D eigenvalue weighted by Crippen LogP contribution is 2.24. The van der Waals surface area contributed by atoms with E-state index in [1.165, 1.54) is 12.1 Å². The summed E-state index contributed by atoms with van der Waals surface area (Å²) >= 11 is 0. The van der Waals surface area contributed by atoms with Gasteiger partial charge in [0.1, 0.15) is 11.3 Å². The number of nitrogens with two attached hydrogens (primary N) is 1. The van der Waals surface area contributed by atoms with Crippen molar-refractivity contribution in [2.24, 2.45) is 11.1 Å². The Morgan fingerprint density at radius 1 is 1.32 bits per heavy atom. The zero-order chi connectivity index (χ0) is 14.8. The molecular formula is C12H17NO5S. The van der Waals surface area contributed by atoms with E-state index < -0.39 is 16.0 Å². The first-order valence-electron chi connectivity index (χ1n) is 5.69. The van der Waals surface area contributed by atoms with Gasteiger partial charge in [0.2, 0.25) is 10.0 Å². The van der Waals surface area contributed by atoms with Crippen LogP contribution in [0.2, 0.25) is 0 Å². The third-order valence-corrected chi connectivity index (χ3v) is 3.67. The minimum absolute atomic E-state index is 0.126. The van der Waals surface area contributed by atoms with Gasteiger partial charge in [-0.3, -0.25) is 0 Å². The second kappa shape index (κ2) is 5.58. The molecule has 0 spiro atoms. The lowest BCUT2D eigenvalue weighted by atomic mass is 10.1. The van der Waals surface area contributed by atoms with E-state index in [4.69, 9.17) is 15.0 Å². The number of primary sulfonamides is 1. The van der Waals surface area contributed by atoms with Crippen molar-refractivity contribution >= 4 is 16.0 Å². The fourth-order valence-corrected chi connectivity index (χ4v) is 1.83. The fraction of sp³-hybridized carbons (Fsp3) is 0.417. The molecule has 106 valence electrons. The van der Waals surface area contributed by atoms with E-state index in [1.807, 2.05) is 20.8 Å². The van der Waals surface area contributed by atoms with Crippen LogP contribution in [0, 0.1) is 5.92 Å². The standard InChI is InChI=1S/C12H17NO5S/c1-7(2)8(3)18-11-5-4-9(19(13,16)17)6-10(11)12(14)15/h4-8H,1-3H3,(H,14,15)(H2,13,16,17). The highest BCUT2D eigenvalue weighted by Gasteiger charge is 2.19. The maximum absolute atomic E-state index is 11.2. The molecular weight excluding hydrogens is 270 g/mol. The van der Waals surface area contributed by atoms with Crippen LogP contribution in [0.5, 0.6) is 5.75 Å². The summed E-state index contributed by atoms with van der Waals surface area (Å²) in [6.45, 7) is 5.68. The molecule has 0 heterocycles. The van der Waals surface area contributed by atoms with E-state index in [1.54, 1.807) is 0 Å². The van der Waals surface area contributed by atoms with Gasteiger partial charge in [-0.15, -0.1) is 0 Å². The second-order valence-electron chi connectivity index (χ2n) is 4.58. The van der Waals surface area contributed by atoms with Crippen LogP contribution in [0.25, 0.3) is 0 Å². The van der Waals surface area contributed by atoms with E-state index in [2.05, 4.69) is 0 Å². The molecule has 0 aromatic heterocycles. The highest BCUT2D eigenvalue weighted by atomic mass is 32.2. The zero-order valence-electron chi connectivity index (χ0n) is 11.0. The molecule has 0 bridgehead atoms. The Morgan fingerprint density at radius 2 is 1.89 bits per heavy atom. The van der Waals surface area contributed by atoms with Gasteiger partial charge in [0, 0.05) is 0 Å². The quantitative estimate of drug-likeness (QED) is 0.852. The molecule has 0 aliphatic heterocycles. The van der Waals surface area contributed by atoms with Crippen LogP contribution in [-0.2, 0) is 10.0 Å². The molecule has 19 heavy (non-hydrogen) atoms. The normalized spacial score (nSPS) is 13.3. The summed E-state index contributed by atoms with van der Waals surface area (Å²) in [7, 11) is -3.94. The number of sulfonamides is 1. The minimum atomic E-state index is -3.94. The molecule has 1 atom stereocenters. The third kappa shape index (κ3) is 3.93. The smallest absolute Gasteiger partial charge is 0.339 e. The SMILES string of the molecule is CC(C)C(C)Oc1ccc(S(N)(=O)=O)cc1C(=O)O. The van der Waals surface area contributed by atoms with Gasteiger partial charge in [-0.2, -0.15) is 0 Å². The summed E-state index contributed by atoms with van der Waals surface area (Å²) in [6.07, 6.45) is -0.196. The molecule has 7 heteroatoms. The fourth-order valence-electron chi connectivity index (χ4n) is 1.29. The maximum Gasteiger partial charge on any atom is 0.339 e. The van der Waals surface area contributed by atoms with E-state index in [-0.39, 0.29) is 28.2 Å². The van der Waals surface area contributed by atoms with Crippen molar-refractivity contribution in [3.8, 4) is 5.75 Å². The molecule has 0 aliphatic carbocycles. The predicted molar refractivity (Wildman–Crippen MR) is 69.7 cm³/mol. The molecule has 0 radical (unpaired) electrons. The summed E-state index contributed by atoms with van der Waals surface area (Å²) in [4.78, 5) is 10.9. The van der Waals surface area contributed by atoms with E-state index >= 15 is 0 Å². The molecule has 1 rings (SSSR count). The Morgan fingerprint density at radius 3 is 2.32 bits per heavy atom. The number of rotatable bonds is 5. The second-order valence-corrected chi connectivity index (χ2v) is 6.14. The van der Waals surface area contributed by atoms with Gasteiger partial charge in [-0.25, -0.2) is 18.4 Å². The number of ether oxygens (including phenoxy) is 1. The number of benzene rings is 1. The third-order valence-electron chi connectivity index (χ3n) is 2.76.